The first kappa shape index (κ1) is 21.1. The number of carbonyl (C=O) groups is 1. The minimum absolute atomic E-state index is 0.0533. The first-order valence-electron chi connectivity index (χ1n) is 11.9. The summed E-state index contributed by atoms with van der Waals surface area (Å²) >= 11 is 0. The van der Waals surface area contributed by atoms with Gasteiger partial charge in [-0.2, -0.15) is 0 Å². The molecule has 1 aliphatic heterocycles. The van der Waals surface area contributed by atoms with Gasteiger partial charge >= 0.3 is 5.97 Å². The molecule has 0 aromatic carbocycles. The van der Waals surface area contributed by atoms with Crippen molar-refractivity contribution >= 4 is 16.0 Å². The zero-order valence-corrected chi connectivity index (χ0v) is 18.4. The van der Waals surface area contributed by atoms with Gasteiger partial charge in [0.25, 0.3) is 0 Å². The molecule has 5 rings (SSSR count). The number of rotatable bonds is 6. The molecule has 30 heavy (non-hydrogen) atoms. The standard InChI is InChI=1S/C21H36N4O4S/c26-21(27)15-9-13-3-2-6-17(13)18(11-15)30(28,29)25-16-5-1-4-14(10-16)20-22-19(23-24-20)12-7-8-12/h12-20,22-25H,1-11H2,(H,26,27). The van der Waals surface area contributed by atoms with Crippen LogP contribution < -0.4 is 20.9 Å². The molecule has 0 aromatic rings. The van der Waals surface area contributed by atoms with Crippen molar-refractivity contribution in [2.75, 3.05) is 0 Å². The van der Waals surface area contributed by atoms with Gasteiger partial charge in [0.05, 0.1) is 23.5 Å². The number of hydrazine groups is 1. The number of nitrogens with one attached hydrogen (secondary N) is 4. The van der Waals surface area contributed by atoms with E-state index in [2.05, 4.69) is 20.9 Å². The average Bonchev–Trinajstić information content (AvgIpc) is 3.25. The van der Waals surface area contributed by atoms with Crippen molar-refractivity contribution in [2.24, 2.45) is 29.6 Å². The first-order valence-corrected chi connectivity index (χ1v) is 13.5. The fourth-order valence-electron chi connectivity index (χ4n) is 6.67. The highest BCUT2D eigenvalue weighted by Gasteiger charge is 2.48. The molecular weight excluding hydrogens is 404 g/mol. The molecule has 0 bridgehead atoms. The summed E-state index contributed by atoms with van der Waals surface area (Å²) in [4.78, 5) is 11.6. The molecule has 8 unspecified atom stereocenters. The summed E-state index contributed by atoms with van der Waals surface area (Å²) in [6.45, 7) is 0. The number of fused-ring (bicyclic) bond motifs is 1. The van der Waals surface area contributed by atoms with Gasteiger partial charge in [-0.05, 0) is 75.0 Å². The lowest BCUT2D eigenvalue weighted by atomic mass is 9.75. The molecule has 9 heteroatoms. The van der Waals surface area contributed by atoms with Crippen LogP contribution >= 0.6 is 0 Å². The van der Waals surface area contributed by atoms with Gasteiger partial charge in [-0.25, -0.2) is 24.0 Å². The molecule has 8 nitrogen and oxygen atoms in total. The van der Waals surface area contributed by atoms with Gasteiger partial charge in [0.1, 0.15) is 0 Å². The van der Waals surface area contributed by atoms with Crippen LogP contribution in [0, 0.1) is 29.6 Å². The average molecular weight is 441 g/mol. The van der Waals surface area contributed by atoms with Crippen LogP contribution in [-0.2, 0) is 14.8 Å². The Hall–Kier alpha value is -0.740. The largest absolute Gasteiger partial charge is 0.481 e. The Morgan fingerprint density at radius 2 is 1.53 bits per heavy atom. The molecule has 170 valence electrons. The zero-order valence-electron chi connectivity index (χ0n) is 17.6. The van der Waals surface area contributed by atoms with E-state index >= 15 is 0 Å². The molecule has 4 aliphatic carbocycles. The first-order chi connectivity index (χ1) is 14.4. The molecule has 0 radical (unpaired) electrons. The molecule has 0 aromatic heterocycles. The Kier molecular flexibility index (Phi) is 5.85. The molecule has 1 heterocycles. The normalized spacial score (nSPS) is 44.7. The third-order valence-electron chi connectivity index (χ3n) is 8.41. The van der Waals surface area contributed by atoms with Gasteiger partial charge in [-0.15, -0.1) is 0 Å². The summed E-state index contributed by atoms with van der Waals surface area (Å²) in [5.41, 5.74) is 6.76. The maximum Gasteiger partial charge on any atom is 0.306 e. The summed E-state index contributed by atoms with van der Waals surface area (Å²) in [5.74, 6) is 0.113. The summed E-state index contributed by atoms with van der Waals surface area (Å²) in [7, 11) is -3.53. The van der Waals surface area contributed by atoms with Crippen molar-refractivity contribution in [1.29, 1.82) is 0 Å². The molecule has 0 spiro atoms. The lowest BCUT2D eigenvalue weighted by molar-refractivity contribution is -0.143. The van der Waals surface area contributed by atoms with Crippen LogP contribution in [0.4, 0.5) is 0 Å². The number of hydrogen-bond donors (Lipinski definition) is 5. The Morgan fingerprint density at radius 3 is 2.27 bits per heavy atom. The second-order valence-corrected chi connectivity index (χ2v) is 12.4. The van der Waals surface area contributed by atoms with Crippen LogP contribution in [-0.4, -0.2) is 43.1 Å². The fourth-order valence-corrected chi connectivity index (χ4v) is 8.83. The second kappa shape index (κ2) is 8.31. The van der Waals surface area contributed by atoms with Crippen LogP contribution in [0.3, 0.4) is 0 Å². The van der Waals surface area contributed by atoms with Gasteiger partial charge in [0, 0.05) is 6.04 Å². The third kappa shape index (κ3) is 4.28. The smallest absolute Gasteiger partial charge is 0.306 e. The van der Waals surface area contributed by atoms with Gasteiger partial charge < -0.3 is 5.11 Å². The monoisotopic (exact) mass is 440 g/mol. The van der Waals surface area contributed by atoms with E-state index < -0.39 is 27.2 Å². The molecule has 5 aliphatic rings. The maximum atomic E-state index is 13.4. The summed E-state index contributed by atoms with van der Waals surface area (Å²) in [6, 6.07) is -0.0533. The predicted molar refractivity (Wildman–Crippen MR) is 112 cm³/mol. The van der Waals surface area contributed by atoms with E-state index in [0.29, 0.717) is 24.4 Å². The SMILES string of the molecule is O=C(O)C1CC2CCCC2C(S(=O)(=O)NC2CCCC(C3NNC(C4CC4)N3)C2)C1. The maximum absolute atomic E-state index is 13.4. The minimum Gasteiger partial charge on any atom is -0.481 e. The summed E-state index contributed by atoms with van der Waals surface area (Å²) in [5, 5.41) is 12.7. The molecule has 1 saturated heterocycles. The van der Waals surface area contributed by atoms with Gasteiger partial charge in [-0.1, -0.05) is 19.3 Å². The quantitative estimate of drug-likeness (QED) is 0.425. The van der Waals surface area contributed by atoms with Crippen LogP contribution in [0.1, 0.15) is 70.6 Å². The van der Waals surface area contributed by atoms with Crippen LogP contribution in [0.25, 0.3) is 0 Å². The van der Waals surface area contributed by atoms with Crippen molar-refractivity contribution in [3.63, 3.8) is 0 Å². The Morgan fingerprint density at radius 1 is 0.833 bits per heavy atom. The van der Waals surface area contributed by atoms with E-state index in [0.717, 1.165) is 44.9 Å². The fraction of sp³-hybridized carbons (Fsp3) is 0.952. The van der Waals surface area contributed by atoms with E-state index in [1.165, 1.54) is 12.8 Å². The Balaban J connectivity index is 1.23. The lowest BCUT2D eigenvalue weighted by Crippen LogP contribution is -2.51. The number of hydrogen-bond acceptors (Lipinski definition) is 6. The molecule has 5 N–H and O–H groups in total. The summed E-state index contributed by atoms with van der Waals surface area (Å²) in [6.07, 6.45) is 10.7. The van der Waals surface area contributed by atoms with E-state index in [1.807, 2.05) is 0 Å². The second-order valence-electron chi connectivity index (χ2n) is 10.4. The van der Waals surface area contributed by atoms with Crippen LogP contribution in [0.2, 0.25) is 0 Å². The highest BCUT2D eigenvalue weighted by Crippen LogP contribution is 2.47. The Bertz CT molecular complexity index is 758. The molecular formula is C21H36N4O4S. The van der Waals surface area contributed by atoms with Crippen molar-refractivity contribution in [2.45, 2.75) is 94.3 Å². The molecule has 0 amide bonds. The Labute approximate surface area is 179 Å². The van der Waals surface area contributed by atoms with E-state index in [-0.39, 0.29) is 30.5 Å². The van der Waals surface area contributed by atoms with Crippen molar-refractivity contribution < 1.29 is 18.3 Å². The predicted octanol–water partition coefficient (Wildman–Crippen LogP) is 1.50. The van der Waals surface area contributed by atoms with Gasteiger partial charge in [0.15, 0.2) is 0 Å². The number of carboxylic acid groups (broad SMARTS) is 1. The highest BCUT2D eigenvalue weighted by atomic mass is 32.2. The molecule has 8 atom stereocenters. The van der Waals surface area contributed by atoms with Crippen LogP contribution in [0.5, 0.6) is 0 Å². The topological polar surface area (TPSA) is 120 Å². The van der Waals surface area contributed by atoms with Gasteiger partial charge in [-0.3, -0.25) is 10.1 Å². The molecule has 4 saturated carbocycles. The van der Waals surface area contributed by atoms with Crippen molar-refractivity contribution in [3.8, 4) is 0 Å². The highest BCUT2D eigenvalue weighted by molar-refractivity contribution is 7.90. The number of aliphatic carboxylic acids is 1. The lowest BCUT2D eigenvalue weighted by Gasteiger charge is -2.38. The van der Waals surface area contributed by atoms with Crippen molar-refractivity contribution in [1.82, 2.24) is 20.9 Å². The zero-order chi connectivity index (χ0) is 20.9. The minimum atomic E-state index is -3.53. The molecule has 5 fully saturated rings. The van der Waals surface area contributed by atoms with E-state index in [9.17, 15) is 18.3 Å². The summed E-state index contributed by atoms with van der Waals surface area (Å²) < 4.78 is 29.8. The third-order valence-corrected chi connectivity index (χ3v) is 10.4. The van der Waals surface area contributed by atoms with E-state index in [1.54, 1.807) is 0 Å². The number of carboxylic acids is 1. The van der Waals surface area contributed by atoms with Gasteiger partial charge in [0.2, 0.25) is 10.0 Å². The number of sulfonamides is 1. The van der Waals surface area contributed by atoms with E-state index in [4.69, 9.17) is 0 Å². The van der Waals surface area contributed by atoms with Crippen molar-refractivity contribution in [3.05, 3.63) is 0 Å². The van der Waals surface area contributed by atoms with Crippen LogP contribution in [0.15, 0.2) is 0 Å².